The van der Waals surface area contributed by atoms with Crippen LogP contribution >= 0.6 is 0 Å². The normalized spacial score (nSPS) is 28.0. The predicted molar refractivity (Wildman–Crippen MR) is 254 cm³/mol. The van der Waals surface area contributed by atoms with E-state index in [1.807, 2.05) is 78.0 Å². The molecule has 6 fully saturated rings. The van der Waals surface area contributed by atoms with Gasteiger partial charge < -0.3 is 39.3 Å². The Morgan fingerprint density at radius 1 is 0.647 bits per heavy atom. The number of aromatic nitrogens is 4. The molecule has 3 aliphatic heterocycles. The molecule has 0 spiro atoms. The van der Waals surface area contributed by atoms with Crippen molar-refractivity contribution in [3.8, 4) is 11.3 Å². The van der Waals surface area contributed by atoms with E-state index >= 15 is 0 Å². The van der Waals surface area contributed by atoms with Gasteiger partial charge in [-0.25, -0.2) is 14.8 Å². The molecule has 3 saturated heterocycles. The number of nitrogens with zero attached hydrogens (tertiary/aromatic N) is 4. The van der Waals surface area contributed by atoms with Crippen LogP contribution in [0.15, 0.2) is 97.3 Å². The van der Waals surface area contributed by atoms with Gasteiger partial charge in [-0.3, -0.25) is 14.9 Å². The highest BCUT2D eigenvalue weighted by atomic mass is 16.9. The van der Waals surface area contributed by atoms with Crippen molar-refractivity contribution in [3.63, 3.8) is 0 Å². The Kier molecular flexibility index (Phi) is 12.9. The van der Waals surface area contributed by atoms with Gasteiger partial charge in [-0.15, -0.1) is 0 Å². The van der Waals surface area contributed by atoms with Crippen molar-refractivity contribution < 1.29 is 28.6 Å². The lowest BCUT2D eigenvalue weighted by molar-refractivity contribution is -0.335. The smallest absolute Gasteiger partial charge is 0.407 e. The van der Waals surface area contributed by atoms with Crippen molar-refractivity contribution >= 4 is 17.9 Å². The van der Waals surface area contributed by atoms with Crippen LogP contribution in [0.5, 0.6) is 0 Å². The maximum atomic E-state index is 14.7. The minimum Gasteiger partial charge on any atom is -0.453 e. The number of methoxy groups -OCH3 is 1. The molecule has 11 rings (SSSR count). The van der Waals surface area contributed by atoms with E-state index in [9.17, 15) is 14.4 Å². The molecule has 2 aromatic heterocycles. The number of likely N-dealkylation sites (tertiary alicyclic amines) is 2. The molecule has 3 aliphatic carbocycles. The highest BCUT2D eigenvalue weighted by Gasteiger charge is 2.50. The minimum atomic E-state index is -0.850. The molecule has 68 heavy (non-hydrogen) atoms. The number of nitrogens with one attached hydrogen (secondary N) is 4. The second-order valence-electron chi connectivity index (χ2n) is 20.1. The Hall–Kier alpha value is -5.83. The SMILES string of the molecule is COC(=O)N[C@@H](C(=O)N1[C@@H]2CCCC[C@@H]2C[C@H]1c1ncc(C2CCC(c3ccc(-c4cnc([C@@H]5C[C@H]6CCCC[C@H]6N5C(=O)[C@H](NC5OCO5)c5ccccc5)[nH]4)cc3)CC2)[nH]1)c1ccccc1. The zero-order valence-corrected chi connectivity index (χ0v) is 38.9. The molecule has 14 nitrogen and oxygen atoms in total. The van der Waals surface area contributed by atoms with Gasteiger partial charge in [0.1, 0.15) is 23.7 Å². The zero-order chi connectivity index (χ0) is 46.1. The summed E-state index contributed by atoms with van der Waals surface area (Å²) in [7, 11) is 1.33. The van der Waals surface area contributed by atoms with E-state index < -0.39 is 24.6 Å². The van der Waals surface area contributed by atoms with Crippen molar-refractivity contribution in [2.75, 3.05) is 13.9 Å². The lowest BCUT2D eigenvalue weighted by Gasteiger charge is -2.38. The number of carbonyl (C=O) groups excluding carboxylic acids is 3. The standard InChI is InChI=1S/C54H64N8O6/c1-66-53(65)59-47(37-12-4-2-5-13-37)51(63)61-43-18-10-8-16-39(43)28-45(61)49-55-30-41(57-49)35-24-20-33(21-25-35)34-22-26-36(27-23-34)42-31-56-50(58-42)46-29-40-17-9-11-19-44(40)62(46)52(64)48(60-54-67-32-68-54)38-14-6-3-7-15-38/h2-7,12-15,22-23,26-27,30-31,33,35,39-40,43-48,54,60H,8-11,16-21,24-25,28-29,32H2,1H3,(H,55,57)(H,56,58)(H,59,65)/t33?,35?,39-,40-,43-,44-,45+,46+,47-,48-/m1/s1. The fraction of sp³-hybridized carbons (Fsp3) is 0.500. The van der Waals surface area contributed by atoms with E-state index in [0.29, 0.717) is 23.7 Å². The van der Waals surface area contributed by atoms with E-state index in [-0.39, 0.29) is 42.8 Å². The summed E-state index contributed by atoms with van der Waals surface area (Å²) in [4.78, 5) is 63.5. The Balaban J connectivity index is 0.753. The maximum absolute atomic E-state index is 14.7. The van der Waals surface area contributed by atoms with E-state index in [1.165, 1.54) is 25.5 Å². The third-order valence-corrected chi connectivity index (χ3v) is 16.3. The average Bonchev–Trinajstić information content (AvgIpc) is 4.21. The van der Waals surface area contributed by atoms with Crippen LogP contribution in [-0.2, 0) is 23.8 Å². The number of ether oxygens (including phenoxy) is 3. The molecule has 356 valence electrons. The van der Waals surface area contributed by atoms with Crippen molar-refractivity contribution in [2.24, 2.45) is 11.8 Å². The lowest BCUT2D eigenvalue weighted by Crippen LogP contribution is -2.52. The van der Waals surface area contributed by atoms with E-state index in [2.05, 4.69) is 49.8 Å². The summed E-state index contributed by atoms with van der Waals surface area (Å²) < 4.78 is 16.1. The number of fused-ring (bicyclic) bond motifs is 2. The molecule has 0 unspecified atom stereocenters. The third kappa shape index (κ3) is 8.86. The monoisotopic (exact) mass is 920 g/mol. The van der Waals surface area contributed by atoms with Crippen LogP contribution in [0.25, 0.3) is 11.3 Å². The molecule has 3 saturated carbocycles. The van der Waals surface area contributed by atoms with Crippen molar-refractivity contribution in [2.45, 2.75) is 144 Å². The van der Waals surface area contributed by atoms with Gasteiger partial charge in [0.05, 0.1) is 31.1 Å². The van der Waals surface area contributed by atoms with Crippen LogP contribution in [0.4, 0.5) is 4.79 Å². The molecule has 5 aromatic rings. The quantitative estimate of drug-likeness (QED) is 0.0953. The van der Waals surface area contributed by atoms with Crippen LogP contribution in [0.2, 0.25) is 0 Å². The summed E-state index contributed by atoms with van der Waals surface area (Å²) in [6, 6.07) is 26.8. The second kappa shape index (κ2) is 19.6. The number of hydrogen-bond donors (Lipinski definition) is 4. The summed E-state index contributed by atoms with van der Waals surface area (Å²) in [5, 5.41) is 6.17. The highest BCUT2D eigenvalue weighted by molar-refractivity contribution is 5.88. The average molecular weight is 921 g/mol. The molecular weight excluding hydrogens is 857 g/mol. The topological polar surface area (TPSA) is 167 Å². The molecule has 3 amide bonds. The summed E-state index contributed by atoms with van der Waals surface area (Å²) in [6.07, 6.45) is 17.5. The largest absolute Gasteiger partial charge is 0.453 e. The first-order chi connectivity index (χ1) is 33.4. The van der Waals surface area contributed by atoms with Crippen LogP contribution in [-0.4, -0.2) is 80.0 Å². The number of benzene rings is 3. The summed E-state index contributed by atoms with van der Waals surface area (Å²) in [5.41, 5.74) is 6.16. The van der Waals surface area contributed by atoms with E-state index in [4.69, 9.17) is 24.2 Å². The molecule has 6 aliphatic rings. The van der Waals surface area contributed by atoms with Crippen LogP contribution in [0, 0.1) is 11.8 Å². The van der Waals surface area contributed by atoms with E-state index in [1.54, 1.807) is 0 Å². The summed E-state index contributed by atoms with van der Waals surface area (Å²) in [6.45, 7) is 0.222. The molecule has 14 heteroatoms. The predicted octanol–water partition coefficient (Wildman–Crippen LogP) is 9.62. The molecule has 3 aromatic carbocycles. The Morgan fingerprint density at radius 3 is 1.78 bits per heavy atom. The molecule has 0 radical (unpaired) electrons. The zero-order valence-electron chi connectivity index (χ0n) is 38.9. The lowest BCUT2D eigenvalue weighted by atomic mass is 9.77. The first-order valence-corrected chi connectivity index (χ1v) is 25.2. The minimum absolute atomic E-state index is 0.0353. The molecular formula is C54H64N8O6. The third-order valence-electron chi connectivity index (χ3n) is 16.3. The second-order valence-corrected chi connectivity index (χ2v) is 20.1. The number of aromatic amines is 2. The number of imidazole rings is 2. The number of hydrogen-bond acceptors (Lipinski definition) is 9. The highest BCUT2D eigenvalue weighted by Crippen LogP contribution is 2.49. The van der Waals surface area contributed by atoms with Crippen molar-refractivity contribution in [3.05, 3.63) is 131 Å². The van der Waals surface area contributed by atoms with Gasteiger partial charge in [0.15, 0.2) is 6.79 Å². The Bertz CT molecular complexity index is 2520. The fourth-order valence-electron chi connectivity index (χ4n) is 12.8. The Labute approximate surface area is 398 Å². The molecule has 8 atom stereocenters. The van der Waals surface area contributed by atoms with Gasteiger partial charge in [0, 0.05) is 29.9 Å². The van der Waals surface area contributed by atoms with Crippen molar-refractivity contribution in [1.29, 1.82) is 0 Å². The summed E-state index contributed by atoms with van der Waals surface area (Å²) >= 11 is 0. The maximum Gasteiger partial charge on any atom is 0.407 e. The van der Waals surface area contributed by atoms with Crippen LogP contribution in [0.3, 0.4) is 0 Å². The number of carbonyl (C=O) groups is 3. The summed E-state index contributed by atoms with van der Waals surface area (Å²) in [5.74, 6) is 3.29. The number of alkyl carbamates (subject to hydrolysis) is 1. The first kappa shape index (κ1) is 44.7. The van der Waals surface area contributed by atoms with Crippen LogP contribution in [0.1, 0.15) is 160 Å². The van der Waals surface area contributed by atoms with Gasteiger partial charge >= 0.3 is 6.09 Å². The van der Waals surface area contributed by atoms with E-state index in [0.717, 1.165) is 117 Å². The fourth-order valence-corrected chi connectivity index (χ4v) is 12.8. The number of amides is 3. The molecule has 5 heterocycles. The van der Waals surface area contributed by atoms with Gasteiger partial charge in [-0.05, 0) is 104 Å². The number of H-pyrrole nitrogens is 2. The van der Waals surface area contributed by atoms with Gasteiger partial charge in [-0.2, -0.15) is 0 Å². The molecule has 4 N–H and O–H groups in total. The first-order valence-electron chi connectivity index (χ1n) is 25.2. The number of rotatable bonds is 12. The Morgan fingerprint density at radius 2 is 1.19 bits per heavy atom. The van der Waals surface area contributed by atoms with Crippen LogP contribution < -0.4 is 10.6 Å². The van der Waals surface area contributed by atoms with Gasteiger partial charge in [0.2, 0.25) is 12.3 Å². The van der Waals surface area contributed by atoms with Gasteiger partial charge in [-0.1, -0.05) is 111 Å². The van der Waals surface area contributed by atoms with Gasteiger partial charge in [0.25, 0.3) is 5.91 Å². The van der Waals surface area contributed by atoms with Crippen molar-refractivity contribution in [1.82, 2.24) is 40.4 Å². The molecule has 0 bridgehead atoms.